The smallest absolute Gasteiger partial charge is 0.407 e. The molecule has 0 heterocycles. The van der Waals surface area contributed by atoms with E-state index in [-0.39, 0.29) is 18.2 Å². The van der Waals surface area contributed by atoms with Crippen molar-refractivity contribution in [1.82, 2.24) is 5.32 Å². The van der Waals surface area contributed by atoms with Gasteiger partial charge in [-0.25, -0.2) is 4.79 Å². The molecular weight excluding hydrogens is 316 g/mol. The van der Waals surface area contributed by atoms with Gasteiger partial charge in [0.1, 0.15) is 6.10 Å². The Balaban J connectivity index is 2.08. The number of rotatable bonds is 8. The van der Waals surface area contributed by atoms with Crippen LogP contribution in [0.5, 0.6) is 0 Å². The Morgan fingerprint density at radius 2 is 2.00 bits per heavy atom. The Labute approximate surface area is 149 Å². The number of carbonyl (C=O) groups is 1. The summed E-state index contributed by atoms with van der Waals surface area (Å²) in [5.74, 6) is 0.362. The van der Waals surface area contributed by atoms with E-state index < -0.39 is 6.09 Å². The van der Waals surface area contributed by atoms with Crippen LogP contribution in [0.15, 0.2) is 35.4 Å². The quantitative estimate of drug-likeness (QED) is 0.409. The summed E-state index contributed by atoms with van der Waals surface area (Å²) in [6, 6.07) is 9.33. The summed E-state index contributed by atoms with van der Waals surface area (Å²) in [5, 5.41) is 6.91. The lowest BCUT2D eigenvalue weighted by Crippen LogP contribution is -2.45. The molecule has 0 unspecified atom stereocenters. The van der Waals surface area contributed by atoms with Crippen molar-refractivity contribution >= 4 is 6.09 Å². The fourth-order valence-electron chi connectivity index (χ4n) is 3.34. The molecule has 1 aliphatic carbocycles. The van der Waals surface area contributed by atoms with E-state index in [0.29, 0.717) is 18.8 Å². The van der Waals surface area contributed by atoms with Crippen molar-refractivity contribution in [2.24, 2.45) is 11.0 Å². The lowest BCUT2D eigenvalue weighted by molar-refractivity contribution is 0.0962. The molecule has 1 aliphatic rings. The van der Waals surface area contributed by atoms with Crippen molar-refractivity contribution in [3.05, 3.63) is 46.3 Å². The molecule has 0 saturated heterocycles. The van der Waals surface area contributed by atoms with Crippen molar-refractivity contribution in [2.45, 2.75) is 70.6 Å². The number of hydrogen-bond acceptors (Lipinski definition) is 3. The van der Waals surface area contributed by atoms with Gasteiger partial charge >= 0.3 is 6.09 Å². The van der Waals surface area contributed by atoms with E-state index in [9.17, 15) is 4.79 Å². The largest absolute Gasteiger partial charge is 0.446 e. The van der Waals surface area contributed by atoms with Gasteiger partial charge in [-0.2, -0.15) is 0 Å². The van der Waals surface area contributed by atoms with Gasteiger partial charge < -0.3 is 10.1 Å². The molecule has 1 N–H and O–H groups in total. The van der Waals surface area contributed by atoms with Crippen LogP contribution in [0.25, 0.3) is 10.4 Å². The fourth-order valence-corrected chi connectivity index (χ4v) is 3.34. The highest BCUT2D eigenvalue weighted by atomic mass is 16.6. The summed E-state index contributed by atoms with van der Waals surface area (Å²) in [7, 11) is 0. The number of carbonyl (C=O) groups excluding carboxylic acids is 1. The van der Waals surface area contributed by atoms with E-state index in [1.54, 1.807) is 0 Å². The highest BCUT2D eigenvalue weighted by molar-refractivity contribution is 5.68. The number of nitrogens with zero attached hydrogens (tertiary/aromatic N) is 3. The molecule has 136 valence electrons. The molecule has 1 fully saturated rings. The molecule has 1 saturated carbocycles. The molecule has 2 rings (SSSR count). The summed E-state index contributed by atoms with van der Waals surface area (Å²) in [6.45, 7) is 4.16. The third-order valence-corrected chi connectivity index (χ3v) is 4.55. The standard InChI is InChI=1S/C19H28N4O2/c1-14(2)12-18(22-23-20)17(13-15-8-4-3-5-9-15)21-19(24)25-16-10-6-7-11-16/h3-5,8-9,14,16-18H,6-7,10-13H2,1-2H3,(H,21,24)/t17-,18-/m0/s1. The van der Waals surface area contributed by atoms with Crippen molar-refractivity contribution < 1.29 is 9.53 Å². The van der Waals surface area contributed by atoms with Crippen molar-refractivity contribution in [3.8, 4) is 0 Å². The van der Waals surface area contributed by atoms with Crippen LogP contribution >= 0.6 is 0 Å². The number of benzene rings is 1. The van der Waals surface area contributed by atoms with Crippen LogP contribution in [0, 0.1) is 5.92 Å². The van der Waals surface area contributed by atoms with Gasteiger partial charge in [-0.05, 0) is 55.5 Å². The number of nitrogens with one attached hydrogen (secondary N) is 1. The average molecular weight is 344 g/mol. The number of hydrogen-bond donors (Lipinski definition) is 1. The zero-order chi connectivity index (χ0) is 18.1. The molecule has 2 atom stereocenters. The molecule has 0 aromatic heterocycles. The van der Waals surface area contributed by atoms with Crippen molar-refractivity contribution in [1.29, 1.82) is 0 Å². The number of ether oxygens (including phenoxy) is 1. The van der Waals surface area contributed by atoms with Crippen molar-refractivity contribution in [3.63, 3.8) is 0 Å². The second-order valence-corrected chi connectivity index (χ2v) is 7.15. The minimum atomic E-state index is -0.408. The van der Waals surface area contributed by atoms with Gasteiger partial charge in [-0.15, -0.1) is 0 Å². The minimum Gasteiger partial charge on any atom is -0.446 e. The predicted octanol–water partition coefficient (Wildman–Crippen LogP) is 4.99. The van der Waals surface area contributed by atoms with Crippen LogP contribution in [0.3, 0.4) is 0 Å². The normalized spacial score (nSPS) is 16.9. The van der Waals surface area contributed by atoms with Crippen LogP contribution in [-0.4, -0.2) is 24.3 Å². The summed E-state index contributed by atoms with van der Waals surface area (Å²) >= 11 is 0. The number of amides is 1. The van der Waals surface area contributed by atoms with Gasteiger partial charge in [0.15, 0.2) is 0 Å². The Bertz CT molecular complexity index is 578. The van der Waals surface area contributed by atoms with Gasteiger partial charge in [-0.3, -0.25) is 0 Å². The molecule has 1 amide bonds. The van der Waals surface area contributed by atoms with E-state index in [2.05, 4.69) is 29.2 Å². The van der Waals surface area contributed by atoms with Crippen LogP contribution < -0.4 is 5.32 Å². The Morgan fingerprint density at radius 3 is 2.60 bits per heavy atom. The topological polar surface area (TPSA) is 87.1 Å². The van der Waals surface area contributed by atoms with Crippen LogP contribution in [0.1, 0.15) is 51.5 Å². The SMILES string of the molecule is CC(C)C[C@H](N=[N+]=[N-])[C@H](Cc1ccccc1)NC(=O)OC1CCCC1. The molecule has 0 radical (unpaired) electrons. The van der Waals surface area contributed by atoms with E-state index in [1.807, 2.05) is 30.3 Å². The molecular formula is C19H28N4O2. The fraction of sp³-hybridized carbons (Fsp3) is 0.632. The average Bonchev–Trinajstić information content (AvgIpc) is 3.07. The van der Waals surface area contributed by atoms with Gasteiger partial charge in [0.05, 0.1) is 6.04 Å². The van der Waals surface area contributed by atoms with Crippen LogP contribution in [0.4, 0.5) is 4.79 Å². The molecule has 1 aromatic carbocycles. The van der Waals surface area contributed by atoms with Gasteiger partial charge in [-0.1, -0.05) is 49.3 Å². The summed E-state index contributed by atoms with van der Waals surface area (Å²) in [4.78, 5) is 15.3. The predicted molar refractivity (Wildman–Crippen MR) is 98.2 cm³/mol. The second kappa shape index (κ2) is 9.94. The minimum absolute atomic E-state index is 0.0143. The number of alkyl carbamates (subject to hydrolysis) is 1. The summed E-state index contributed by atoms with van der Waals surface area (Å²) < 4.78 is 5.53. The molecule has 0 aliphatic heterocycles. The first-order valence-corrected chi connectivity index (χ1v) is 9.13. The monoisotopic (exact) mass is 344 g/mol. The third kappa shape index (κ3) is 6.67. The lowest BCUT2D eigenvalue weighted by atomic mass is 9.93. The maximum atomic E-state index is 12.3. The molecule has 25 heavy (non-hydrogen) atoms. The molecule has 0 spiro atoms. The Morgan fingerprint density at radius 1 is 1.32 bits per heavy atom. The highest BCUT2D eigenvalue weighted by Gasteiger charge is 2.26. The van der Waals surface area contributed by atoms with E-state index >= 15 is 0 Å². The van der Waals surface area contributed by atoms with E-state index in [0.717, 1.165) is 31.2 Å². The molecule has 6 nitrogen and oxygen atoms in total. The van der Waals surface area contributed by atoms with Crippen LogP contribution in [0.2, 0.25) is 0 Å². The maximum Gasteiger partial charge on any atom is 0.407 e. The first kappa shape index (κ1) is 19.1. The van der Waals surface area contributed by atoms with Gasteiger partial charge in [0.25, 0.3) is 0 Å². The first-order valence-electron chi connectivity index (χ1n) is 9.13. The maximum absolute atomic E-state index is 12.3. The van der Waals surface area contributed by atoms with Gasteiger partial charge in [0, 0.05) is 11.0 Å². The Hall–Kier alpha value is -2.20. The highest BCUT2D eigenvalue weighted by Crippen LogP contribution is 2.22. The second-order valence-electron chi connectivity index (χ2n) is 7.15. The van der Waals surface area contributed by atoms with Crippen molar-refractivity contribution in [2.75, 3.05) is 0 Å². The van der Waals surface area contributed by atoms with E-state index in [1.165, 1.54) is 0 Å². The lowest BCUT2D eigenvalue weighted by Gasteiger charge is -2.26. The van der Waals surface area contributed by atoms with Gasteiger partial charge in [0.2, 0.25) is 0 Å². The Kier molecular flexibility index (Phi) is 7.61. The summed E-state index contributed by atoms with van der Waals surface area (Å²) in [6.07, 6.45) is 5.02. The molecule has 6 heteroatoms. The molecule has 1 aromatic rings. The van der Waals surface area contributed by atoms with Crippen LogP contribution in [-0.2, 0) is 11.2 Å². The third-order valence-electron chi connectivity index (χ3n) is 4.55. The molecule has 0 bridgehead atoms. The zero-order valence-corrected chi connectivity index (χ0v) is 15.1. The van der Waals surface area contributed by atoms with E-state index in [4.69, 9.17) is 10.3 Å². The zero-order valence-electron chi connectivity index (χ0n) is 15.1. The summed E-state index contributed by atoms with van der Waals surface area (Å²) in [5.41, 5.74) is 10.0. The number of azide groups is 1. The first-order chi connectivity index (χ1) is 12.1.